The average molecular weight is 414 g/mol. The van der Waals surface area contributed by atoms with Crippen LogP contribution in [0.2, 0.25) is 27.0 Å². The molecule has 0 fully saturated rings. The quantitative estimate of drug-likeness (QED) is 0.525. The van der Waals surface area contributed by atoms with Crippen LogP contribution >= 0.6 is 8.19 Å². The first-order chi connectivity index (χ1) is 7.81. The van der Waals surface area contributed by atoms with Crippen LogP contribution in [0.5, 0.6) is 0 Å². The van der Waals surface area contributed by atoms with Crippen LogP contribution in [0.3, 0.4) is 0 Å². The minimum absolute atomic E-state index is 0. The average Bonchev–Trinajstić information content (AvgIpc) is 2.89. The maximum Gasteiger partial charge on any atom is -1.00 e. The maximum atomic E-state index is 2.63. The molecule has 1 atom stereocenters. The molecule has 1 aromatic rings. The van der Waals surface area contributed by atoms with Gasteiger partial charge in [-0.05, 0) is 0 Å². The molecule has 0 N–H and O–H groups in total. The Morgan fingerprint density at radius 1 is 1.16 bits per heavy atom. The third-order valence-corrected chi connectivity index (χ3v) is 25.2. The molecule has 1 unspecified atom stereocenters. The van der Waals surface area contributed by atoms with Crippen molar-refractivity contribution < 1.29 is 43.6 Å². The van der Waals surface area contributed by atoms with E-state index in [0.717, 1.165) is 8.19 Å². The van der Waals surface area contributed by atoms with E-state index in [1.54, 1.807) is 8.20 Å². The molecule has 5 heteroatoms. The van der Waals surface area contributed by atoms with E-state index in [2.05, 4.69) is 57.1 Å². The molecule has 0 saturated carbocycles. The fourth-order valence-corrected chi connectivity index (χ4v) is 22.9. The molecule has 1 aliphatic rings. The Labute approximate surface area is 134 Å². The van der Waals surface area contributed by atoms with Gasteiger partial charge in [0.1, 0.15) is 0 Å². The summed E-state index contributed by atoms with van der Waals surface area (Å²) in [6, 6.07) is 4.70. The number of hydrogen-bond donors (Lipinski definition) is 0. The van der Waals surface area contributed by atoms with Crippen molar-refractivity contribution in [2.75, 3.05) is 0 Å². The van der Waals surface area contributed by atoms with Crippen LogP contribution in [0.15, 0.2) is 38.6 Å². The fourth-order valence-electron chi connectivity index (χ4n) is 2.96. The first-order valence-electron chi connectivity index (χ1n) is 6.57. The molecule has 19 heavy (non-hydrogen) atoms. The normalized spacial score (nSPS) is 15.9. The van der Waals surface area contributed by atoms with E-state index in [-0.39, 0.29) is 24.8 Å². The summed E-state index contributed by atoms with van der Waals surface area (Å²) in [7, 11) is 0.293. The van der Waals surface area contributed by atoms with Crippen molar-refractivity contribution in [1.29, 1.82) is 0 Å². The topological polar surface area (TPSA) is 0 Å². The molecule has 0 aliphatic heterocycles. The molecule has 0 saturated heterocycles. The van der Waals surface area contributed by atoms with Crippen molar-refractivity contribution in [2.24, 2.45) is 0 Å². The zero-order chi connectivity index (χ0) is 12.7. The molecule has 1 aliphatic carbocycles. The van der Waals surface area contributed by atoms with Crippen molar-refractivity contribution in [2.45, 2.75) is 33.4 Å². The summed E-state index contributed by atoms with van der Waals surface area (Å²) >= 11 is -2.76. The summed E-state index contributed by atoms with van der Waals surface area (Å²) in [5, 5.41) is 1.78. The summed E-state index contributed by atoms with van der Waals surface area (Å²) in [6.07, 6.45) is 6.10. The molecule has 0 bridgehead atoms. The molecule has 0 radical (unpaired) electrons. The van der Waals surface area contributed by atoms with Crippen molar-refractivity contribution in [3.8, 4) is 0 Å². The SMILES string of the molecule is C[SiH](C)C1=[C]([Zr+2]([CH3])([CH3])([CH3])[c]2ccc[pH]2)CC=C1.[Cl-].[Cl-]. The smallest absolute Gasteiger partial charge is 1.00 e. The molecule has 1 aromatic heterocycles. The monoisotopic (exact) mass is 411 g/mol. The second-order valence-corrected chi connectivity index (χ2v) is 30.4. The fraction of sp³-hybridized carbons (Fsp3) is 0.429. The van der Waals surface area contributed by atoms with Gasteiger partial charge in [0.15, 0.2) is 0 Å². The van der Waals surface area contributed by atoms with Gasteiger partial charge in [-0.25, -0.2) is 0 Å². The third kappa shape index (κ3) is 3.78. The molecular weight excluding hydrogens is 389 g/mol. The van der Waals surface area contributed by atoms with E-state index in [1.165, 1.54) is 6.42 Å². The Kier molecular flexibility index (Phi) is 7.14. The standard InChI is InChI=1S/C7H11Si.C4H4P.3CH3.2ClH.Zr/c1-8(2)7-5-3-4-6-7;1-2-4-5-3-1;;;;;;/h3,5,8H,4H2,1-2H3;1-3,5H;3*1H3;2*1H;/q;;;;;;;+2/p-2. The van der Waals surface area contributed by atoms with Crippen LogP contribution in [-0.2, 0) is 18.8 Å². The van der Waals surface area contributed by atoms with Crippen LogP contribution in [0.4, 0.5) is 0 Å². The van der Waals surface area contributed by atoms with E-state index >= 15 is 0 Å². The van der Waals surface area contributed by atoms with Crippen molar-refractivity contribution in [3.63, 3.8) is 0 Å². The molecule has 0 amide bonds. The molecule has 107 valence electrons. The Balaban J connectivity index is 0.00000162. The minimum atomic E-state index is -2.76. The zero-order valence-corrected chi connectivity index (χ0v) is 18.6. The largest absolute Gasteiger partial charge is 1.00 e. The van der Waals surface area contributed by atoms with Gasteiger partial charge in [0.2, 0.25) is 0 Å². The van der Waals surface area contributed by atoms with Crippen LogP contribution in [0.25, 0.3) is 0 Å². The van der Waals surface area contributed by atoms with Crippen LogP contribution in [0.1, 0.15) is 6.42 Å². The van der Waals surface area contributed by atoms with Gasteiger partial charge in [-0.15, -0.1) is 0 Å². The second kappa shape index (κ2) is 6.80. The molecule has 0 spiro atoms. The van der Waals surface area contributed by atoms with Gasteiger partial charge in [-0.1, -0.05) is 0 Å². The summed E-state index contributed by atoms with van der Waals surface area (Å²) in [5.74, 6) is 2.36. The molecule has 0 aromatic carbocycles. The second-order valence-electron chi connectivity index (χ2n) is 6.90. The molecule has 1 heterocycles. The van der Waals surface area contributed by atoms with Gasteiger partial charge in [-0.2, -0.15) is 0 Å². The summed E-state index contributed by atoms with van der Waals surface area (Å²) in [5.41, 5.74) is 0. The summed E-state index contributed by atoms with van der Waals surface area (Å²) < 4.78 is 11.6. The predicted molar refractivity (Wildman–Crippen MR) is 82.8 cm³/mol. The molecule has 0 nitrogen and oxygen atoms in total. The van der Waals surface area contributed by atoms with E-state index < -0.39 is 27.6 Å². The Hall–Kier alpha value is 0.940. The van der Waals surface area contributed by atoms with E-state index in [9.17, 15) is 0 Å². The first kappa shape index (κ1) is 19.9. The zero-order valence-electron chi connectivity index (χ0n) is 12.4. The minimum Gasteiger partial charge on any atom is -1.00 e. The van der Waals surface area contributed by atoms with Gasteiger partial charge in [0, 0.05) is 0 Å². The van der Waals surface area contributed by atoms with Gasteiger partial charge in [0.25, 0.3) is 0 Å². The summed E-state index contributed by atoms with van der Waals surface area (Å²) in [6.45, 7) is 4.94. The molecule has 2 rings (SSSR count). The van der Waals surface area contributed by atoms with E-state index in [4.69, 9.17) is 0 Å². The first-order valence-corrected chi connectivity index (χ1v) is 20.4. The van der Waals surface area contributed by atoms with Crippen molar-refractivity contribution in [1.82, 2.24) is 0 Å². The van der Waals surface area contributed by atoms with Crippen molar-refractivity contribution >= 4 is 20.0 Å². The number of rotatable bonds is 3. The van der Waals surface area contributed by atoms with Gasteiger partial charge >= 0.3 is 111 Å². The number of hydrogen-bond acceptors (Lipinski definition) is 0. The van der Waals surface area contributed by atoms with Gasteiger partial charge in [-0.3, -0.25) is 0 Å². The van der Waals surface area contributed by atoms with E-state index in [0.29, 0.717) is 0 Å². The summed E-state index contributed by atoms with van der Waals surface area (Å²) in [4.78, 5) is 0. The Morgan fingerprint density at radius 2 is 1.79 bits per heavy atom. The Bertz CT molecular complexity index is 481. The number of halogens is 2. The molecular formula is C14H24Cl2PSiZr. The maximum absolute atomic E-state index is 2.76. The van der Waals surface area contributed by atoms with Crippen LogP contribution < -0.4 is 27.8 Å². The van der Waals surface area contributed by atoms with Gasteiger partial charge < -0.3 is 24.8 Å². The number of allylic oxidation sites excluding steroid dienone is 4. The van der Waals surface area contributed by atoms with Crippen molar-refractivity contribution in [3.05, 3.63) is 38.6 Å². The van der Waals surface area contributed by atoms with Crippen LogP contribution in [-0.4, -0.2) is 8.80 Å². The van der Waals surface area contributed by atoms with Crippen LogP contribution in [0, 0.1) is 0 Å². The van der Waals surface area contributed by atoms with E-state index in [1.807, 2.05) is 3.28 Å². The predicted octanol–water partition coefficient (Wildman–Crippen LogP) is -1.57. The third-order valence-electron chi connectivity index (χ3n) is 4.19. The Morgan fingerprint density at radius 3 is 2.26 bits per heavy atom. The van der Waals surface area contributed by atoms with Gasteiger partial charge in [0.05, 0.1) is 0 Å².